The van der Waals surface area contributed by atoms with Crippen LogP contribution in [-0.2, 0) is 0 Å². The molecule has 5 heteroatoms. The third-order valence-electron chi connectivity index (χ3n) is 5.91. The zero-order chi connectivity index (χ0) is 21.8. The molecule has 4 rings (SSSR count). The lowest BCUT2D eigenvalue weighted by molar-refractivity contribution is 0.126. The highest BCUT2D eigenvalue weighted by Gasteiger charge is 2.29. The second-order valence-electron chi connectivity index (χ2n) is 8.13. The summed E-state index contributed by atoms with van der Waals surface area (Å²) in [5, 5.41) is 3.63. The van der Waals surface area contributed by atoms with Crippen molar-refractivity contribution in [2.75, 3.05) is 31.5 Å². The zero-order valence-electron chi connectivity index (χ0n) is 18.0. The minimum Gasteiger partial charge on any atom is -0.322 e. The molecule has 0 saturated carbocycles. The molecule has 1 atom stereocenters. The van der Waals surface area contributed by atoms with Crippen molar-refractivity contribution in [1.82, 2.24) is 9.80 Å². The first-order valence-corrected chi connectivity index (χ1v) is 11.1. The lowest BCUT2D eigenvalue weighted by Gasteiger charge is -2.40. The Morgan fingerprint density at radius 3 is 2.26 bits per heavy atom. The number of piperazine rings is 1. The van der Waals surface area contributed by atoms with E-state index < -0.39 is 0 Å². The van der Waals surface area contributed by atoms with E-state index in [9.17, 15) is 4.79 Å². The van der Waals surface area contributed by atoms with E-state index in [1.807, 2.05) is 17.0 Å². The average Bonchev–Trinajstić information content (AvgIpc) is 2.79. The summed E-state index contributed by atoms with van der Waals surface area (Å²) in [5.41, 5.74) is 5.94. The van der Waals surface area contributed by atoms with Crippen LogP contribution in [0.15, 0.2) is 72.8 Å². The molecule has 1 saturated heterocycles. The van der Waals surface area contributed by atoms with Crippen molar-refractivity contribution in [3.05, 3.63) is 100 Å². The Morgan fingerprint density at radius 1 is 0.903 bits per heavy atom. The summed E-state index contributed by atoms with van der Waals surface area (Å²) in [5.74, 6) is 0. The minimum atomic E-state index is -0.0648. The summed E-state index contributed by atoms with van der Waals surface area (Å²) in [6.07, 6.45) is 0. The highest BCUT2D eigenvalue weighted by molar-refractivity contribution is 6.30. The lowest BCUT2D eigenvalue weighted by atomic mass is 9.92. The molecule has 1 unspecified atom stereocenters. The number of rotatable bonds is 4. The van der Waals surface area contributed by atoms with Gasteiger partial charge in [-0.05, 0) is 54.8 Å². The van der Waals surface area contributed by atoms with Crippen LogP contribution in [0.1, 0.15) is 28.3 Å². The fourth-order valence-electron chi connectivity index (χ4n) is 4.20. The molecule has 1 N–H and O–H groups in total. The normalized spacial score (nSPS) is 15.5. The van der Waals surface area contributed by atoms with Crippen LogP contribution >= 0.6 is 11.6 Å². The number of nitrogens with zero attached hydrogens (tertiary/aromatic N) is 2. The molecular weight excluding hydrogens is 406 g/mol. The Kier molecular flexibility index (Phi) is 6.59. The van der Waals surface area contributed by atoms with Crippen LogP contribution in [0, 0.1) is 13.8 Å². The van der Waals surface area contributed by atoms with E-state index in [-0.39, 0.29) is 12.1 Å². The van der Waals surface area contributed by atoms with E-state index in [2.05, 4.69) is 72.6 Å². The summed E-state index contributed by atoms with van der Waals surface area (Å²) in [6, 6.07) is 24.7. The standard InChI is InChI=1S/C26H28ClN3O/c1-19-8-9-20(2)24(18-19)25(21-6-4-3-5-7-21)29-14-16-30(17-15-29)26(31)28-23-12-10-22(27)11-13-23/h3-13,18,25H,14-17H2,1-2H3,(H,28,31). The molecule has 1 aliphatic rings. The van der Waals surface area contributed by atoms with Crippen molar-refractivity contribution in [1.29, 1.82) is 0 Å². The molecule has 160 valence electrons. The Bertz CT molecular complexity index is 1030. The number of hydrogen-bond acceptors (Lipinski definition) is 2. The van der Waals surface area contributed by atoms with Crippen molar-refractivity contribution in [2.45, 2.75) is 19.9 Å². The fraction of sp³-hybridized carbons (Fsp3) is 0.269. The van der Waals surface area contributed by atoms with Gasteiger partial charge in [0.15, 0.2) is 0 Å². The van der Waals surface area contributed by atoms with Gasteiger partial charge >= 0.3 is 6.03 Å². The van der Waals surface area contributed by atoms with Crippen LogP contribution in [0.5, 0.6) is 0 Å². The van der Waals surface area contributed by atoms with E-state index in [4.69, 9.17) is 11.6 Å². The van der Waals surface area contributed by atoms with Gasteiger partial charge in [0.25, 0.3) is 0 Å². The molecule has 3 aromatic rings. The Hall–Kier alpha value is -2.82. The second kappa shape index (κ2) is 9.54. The maximum absolute atomic E-state index is 12.7. The van der Waals surface area contributed by atoms with Gasteiger partial charge in [-0.2, -0.15) is 0 Å². The van der Waals surface area contributed by atoms with E-state index in [1.54, 1.807) is 12.1 Å². The number of carbonyl (C=O) groups is 1. The van der Waals surface area contributed by atoms with Gasteiger partial charge in [0.1, 0.15) is 0 Å². The summed E-state index contributed by atoms with van der Waals surface area (Å²) < 4.78 is 0. The SMILES string of the molecule is Cc1ccc(C)c(C(c2ccccc2)N2CCN(C(=O)Nc3ccc(Cl)cc3)CC2)c1. The third-order valence-corrected chi connectivity index (χ3v) is 6.16. The van der Waals surface area contributed by atoms with Gasteiger partial charge in [-0.15, -0.1) is 0 Å². The molecule has 1 heterocycles. The van der Waals surface area contributed by atoms with Crippen molar-refractivity contribution in [2.24, 2.45) is 0 Å². The molecule has 1 aliphatic heterocycles. The Morgan fingerprint density at radius 2 is 1.58 bits per heavy atom. The number of carbonyl (C=O) groups excluding carboxylic acids is 1. The molecule has 0 aliphatic carbocycles. The number of benzene rings is 3. The van der Waals surface area contributed by atoms with Crippen LogP contribution in [-0.4, -0.2) is 42.0 Å². The summed E-state index contributed by atoms with van der Waals surface area (Å²) in [4.78, 5) is 17.1. The molecule has 0 radical (unpaired) electrons. The van der Waals surface area contributed by atoms with E-state index in [1.165, 1.54) is 22.3 Å². The number of nitrogens with one attached hydrogen (secondary N) is 1. The number of amides is 2. The third kappa shape index (κ3) is 5.09. The predicted octanol–water partition coefficient (Wildman–Crippen LogP) is 5.90. The van der Waals surface area contributed by atoms with Gasteiger partial charge in [0.05, 0.1) is 6.04 Å². The van der Waals surface area contributed by atoms with Crippen LogP contribution in [0.4, 0.5) is 10.5 Å². The smallest absolute Gasteiger partial charge is 0.321 e. The molecule has 0 bridgehead atoms. The number of hydrogen-bond donors (Lipinski definition) is 1. The highest BCUT2D eigenvalue weighted by atomic mass is 35.5. The van der Waals surface area contributed by atoms with Crippen LogP contribution < -0.4 is 5.32 Å². The first kappa shape index (κ1) is 21.4. The van der Waals surface area contributed by atoms with Gasteiger partial charge in [0, 0.05) is 36.9 Å². The van der Waals surface area contributed by atoms with Crippen molar-refractivity contribution in [3.8, 4) is 0 Å². The quantitative estimate of drug-likeness (QED) is 0.556. The molecule has 4 nitrogen and oxygen atoms in total. The van der Waals surface area contributed by atoms with Crippen LogP contribution in [0.2, 0.25) is 5.02 Å². The summed E-state index contributed by atoms with van der Waals surface area (Å²) in [6.45, 7) is 7.34. The van der Waals surface area contributed by atoms with E-state index in [0.717, 1.165) is 18.8 Å². The minimum absolute atomic E-state index is 0.0648. The second-order valence-corrected chi connectivity index (χ2v) is 8.57. The maximum Gasteiger partial charge on any atom is 0.321 e. The van der Waals surface area contributed by atoms with Gasteiger partial charge in [-0.1, -0.05) is 65.7 Å². The van der Waals surface area contributed by atoms with Crippen molar-refractivity contribution >= 4 is 23.3 Å². The molecule has 31 heavy (non-hydrogen) atoms. The van der Waals surface area contributed by atoms with Gasteiger partial charge in [-0.25, -0.2) is 4.79 Å². The Labute approximate surface area is 189 Å². The van der Waals surface area contributed by atoms with Crippen molar-refractivity contribution < 1.29 is 4.79 Å². The van der Waals surface area contributed by atoms with Gasteiger partial charge < -0.3 is 10.2 Å². The number of aryl methyl sites for hydroxylation is 2. The Balaban J connectivity index is 1.49. The monoisotopic (exact) mass is 433 g/mol. The zero-order valence-corrected chi connectivity index (χ0v) is 18.8. The molecule has 0 spiro atoms. The van der Waals surface area contributed by atoms with Crippen molar-refractivity contribution in [3.63, 3.8) is 0 Å². The number of anilines is 1. The first-order chi connectivity index (χ1) is 15.0. The van der Waals surface area contributed by atoms with E-state index in [0.29, 0.717) is 18.1 Å². The van der Waals surface area contributed by atoms with Crippen LogP contribution in [0.25, 0.3) is 0 Å². The van der Waals surface area contributed by atoms with Crippen LogP contribution in [0.3, 0.4) is 0 Å². The number of halogens is 1. The molecule has 1 fully saturated rings. The predicted molar refractivity (Wildman–Crippen MR) is 128 cm³/mol. The molecular formula is C26H28ClN3O. The molecule has 0 aromatic heterocycles. The molecule has 3 aromatic carbocycles. The lowest BCUT2D eigenvalue weighted by Crippen LogP contribution is -2.51. The van der Waals surface area contributed by atoms with E-state index >= 15 is 0 Å². The number of urea groups is 1. The largest absolute Gasteiger partial charge is 0.322 e. The van der Waals surface area contributed by atoms with Gasteiger partial charge in [0.2, 0.25) is 0 Å². The topological polar surface area (TPSA) is 35.6 Å². The molecule has 2 amide bonds. The average molecular weight is 434 g/mol. The summed E-state index contributed by atoms with van der Waals surface area (Å²) in [7, 11) is 0. The summed E-state index contributed by atoms with van der Waals surface area (Å²) >= 11 is 5.94. The highest BCUT2D eigenvalue weighted by Crippen LogP contribution is 2.32. The fourth-order valence-corrected chi connectivity index (χ4v) is 4.32. The van der Waals surface area contributed by atoms with Gasteiger partial charge in [-0.3, -0.25) is 4.90 Å². The maximum atomic E-state index is 12.7. The first-order valence-electron chi connectivity index (χ1n) is 10.7.